The molecule has 2 aromatic carbocycles. The molecule has 0 saturated carbocycles. The monoisotopic (exact) mass is 279 g/mol. The third-order valence-electron chi connectivity index (χ3n) is 4.18. The normalized spacial score (nSPS) is 11.2. The van der Waals surface area contributed by atoms with Gasteiger partial charge < -0.3 is 0 Å². The largest absolute Gasteiger partial charge is 0.257 e. The second-order valence-electron chi connectivity index (χ2n) is 5.46. The average molecular weight is 279 g/mol. The zero-order chi connectivity index (χ0) is 14.8. The molecule has 0 aliphatic rings. The smallest absolute Gasteiger partial charge is 0.117 e. The van der Waals surface area contributed by atoms with E-state index >= 15 is 0 Å². The fourth-order valence-electron chi connectivity index (χ4n) is 3.23. The van der Waals surface area contributed by atoms with E-state index in [4.69, 9.17) is 0 Å². The first-order valence-corrected chi connectivity index (χ1v) is 7.68. The lowest BCUT2D eigenvalue weighted by molar-refractivity contribution is 0.910. The van der Waals surface area contributed by atoms with Gasteiger partial charge in [-0.25, -0.2) is 0 Å². The number of nitrogens with zero attached hydrogens (tertiary/aromatic N) is 2. The summed E-state index contributed by atoms with van der Waals surface area (Å²) in [5.41, 5.74) is 8.77. The lowest BCUT2D eigenvalue weighted by atomic mass is 9.87. The summed E-state index contributed by atoms with van der Waals surface area (Å²) in [5.74, 6) is 0. The van der Waals surface area contributed by atoms with Crippen LogP contribution in [0.25, 0.3) is 22.2 Å². The van der Waals surface area contributed by atoms with Crippen molar-refractivity contribution in [1.29, 1.82) is 0 Å². The van der Waals surface area contributed by atoms with Crippen LogP contribution in [0.15, 0.2) is 30.3 Å². The van der Waals surface area contributed by atoms with E-state index in [-0.39, 0.29) is 0 Å². The second-order valence-corrected chi connectivity index (χ2v) is 5.46. The number of hydrogen-bond donors (Lipinski definition) is 1. The van der Waals surface area contributed by atoms with Gasteiger partial charge in [0.05, 0.1) is 5.52 Å². The fourth-order valence-corrected chi connectivity index (χ4v) is 3.23. The van der Waals surface area contributed by atoms with Gasteiger partial charge in [0.1, 0.15) is 5.52 Å². The summed E-state index contributed by atoms with van der Waals surface area (Å²) < 4.78 is 0. The Bertz CT molecular complexity index is 757. The summed E-state index contributed by atoms with van der Waals surface area (Å²) in [7, 11) is 0. The number of rotatable bonds is 4. The van der Waals surface area contributed by atoms with Gasteiger partial charge in [-0.3, -0.25) is 5.10 Å². The maximum atomic E-state index is 4.35. The molecule has 1 aromatic heterocycles. The summed E-state index contributed by atoms with van der Waals surface area (Å²) in [4.78, 5) is 0. The molecule has 0 atom stereocenters. The quantitative estimate of drug-likeness (QED) is 0.766. The van der Waals surface area contributed by atoms with E-state index in [1.165, 1.54) is 27.8 Å². The molecule has 21 heavy (non-hydrogen) atoms. The Labute approximate surface area is 125 Å². The summed E-state index contributed by atoms with van der Waals surface area (Å²) in [6.07, 6.45) is 3.13. The molecule has 0 fully saturated rings. The Kier molecular flexibility index (Phi) is 3.74. The van der Waals surface area contributed by atoms with Gasteiger partial charge in [0.2, 0.25) is 0 Å². The molecule has 0 spiro atoms. The number of aryl methyl sites for hydroxylation is 2. The van der Waals surface area contributed by atoms with E-state index in [0.717, 1.165) is 30.3 Å². The third kappa shape index (κ3) is 2.23. The molecule has 1 heterocycles. The highest BCUT2D eigenvalue weighted by Gasteiger charge is 2.18. The molecule has 108 valence electrons. The van der Waals surface area contributed by atoms with Crippen LogP contribution in [-0.2, 0) is 12.8 Å². The molecule has 1 N–H and O–H groups in total. The SMILES string of the molecule is CCCc1c(C)c(-c2ccccc2)c(CC)c2nn[nH]c12. The molecule has 0 bridgehead atoms. The molecule has 0 aliphatic heterocycles. The van der Waals surface area contributed by atoms with Crippen LogP contribution in [0.5, 0.6) is 0 Å². The Hall–Kier alpha value is -2.16. The highest BCUT2D eigenvalue weighted by atomic mass is 15.3. The van der Waals surface area contributed by atoms with E-state index in [2.05, 4.69) is 66.5 Å². The molecule has 3 heteroatoms. The third-order valence-corrected chi connectivity index (χ3v) is 4.18. The van der Waals surface area contributed by atoms with Crippen LogP contribution in [0.4, 0.5) is 0 Å². The van der Waals surface area contributed by atoms with Gasteiger partial charge in [-0.05, 0) is 47.6 Å². The van der Waals surface area contributed by atoms with Crippen molar-refractivity contribution >= 4 is 11.0 Å². The topological polar surface area (TPSA) is 41.6 Å². The number of nitrogens with one attached hydrogen (secondary N) is 1. The molecule has 3 rings (SSSR count). The van der Waals surface area contributed by atoms with Crippen LogP contribution < -0.4 is 0 Å². The van der Waals surface area contributed by atoms with Gasteiger partial charge in [0, 0.05) is 0 Å². The first-order chi connectivity index (χ1) is 10.3. The summed E-state index contributed by atoms with van der Waals surface area (Å²) in [5, 5.41) is 11.5. The molecule has 0 aliphatic carbocycles. The van der Waals surface area contributed by atoms with Crippen LogP contribution >= 0.6 is 0 Å². The minimum Gasteiger partial charge on any atom is -0.257 e. The maximum Gasteiger partial charge on any atom is 0.117 e. The lowest BCUT2D eigenvalue weighted by Crippen LogP contribution is -2.00. The van der Waals surface area contributed by atoms with Crippen molar-refractivity contribution in [3.8, 4) is 11.1 Å². The summed E-state index contributed by atoms with van der Waals surface area (Å²) in [6, 6.07) is 10.6. The number of hydrogen-bond acceptors (Lipinski definition) is 2. The number of aromatic nitrogens is 3. The van der Waals surface area contributed by atoms with E-state index < -0.39 is 0 Å². The Morgan fingerprint density at radius 2 is 1.81 bits per heavy atom. The van der Waals surface area contributed by atoms with E-state index in [1.54, 1.807) is 0 Å². The van der Waals surface area contributed by atoms with Crippen molar-refractivity contribution < 1.29 is 0 Å². The molecule has 0 radical (unpaired) electrons. The van der Waals surface area contributed by atoms with Gasteiger partial charge in [0.15, 0.2) is 0 Å². The first kappa shape index (κ1) is 13.8. The van der Waals surface area contributed by atoms with E-state index in [1.807, 2.05) is 0 Å². The van der Waals surface area contributed by atoms with Crippen LogP contribution in [0.2, 0.25) is 0 Å². The van der Waals surface area contributed by atoms with Gasteiger partial charge in [-0.1, -0.05) is 55.8 Å². The Morgan fingerprint density at radius 3 is 2.48 bits per heavy atom. The Balaban J connectivity index is 2.39. The molecule has 0 saturated heterocycles. The minimum atomic E-state index is 0.959. The molecule has 0 unspecified atom stereocenters. The second kappa shape index (κ2) is 5.68. The highest BCUT2D eigenvalue weighted by molar-refractivity contribution is 5.91. The lowest BCUT2D eigenvalue weighted by Gasteiger charge is -2.17. The van der Waals surface area contributed by atoms with Crippen LogP contribution in [-0.4, -0.2) is 15.4 Å². The molecular formula is C18H21N3. The van der Waals surface area contributed by atoms with Gasteiger partial charge in [0.25, 0.3) is 0 Å². The standard InChI is InChI=1S/C18H21N3/c1-4-9-15-12(3)16(13-10-7-6-8-11-13)14(5-2)17-18(15)20-21-19-17/h6-8,10-11H,4-5,9H2,1-3H3,(H,19,20,21). The van der Waals surface area contributed by atoms with Crippen molar-refractivity contribution in [3.05, 3.63) is 47.0 Å². The first-order valence-electron chi connectivity index (χ1n) is 7.68. The molecular weight excluding hydrogens is 258 g/mol. The number of H-pyrrole nitrogens is 1. The van der Waals surface area contributed by atoms with Gasteiger partial charge >= 0.3 is 0 Å². The number of fused-ring (bicyclic) bond motifs is 1. The maximum absolute atomic E-state index is 4.35. The van der Waals surface area contributed by atoms with Crippen molar-refractivity contribution in [1.82, 2.24) is 15.4 Å². The van der Waals surface area contributed by atoms with Crippen LogP contribution in [0.3, 0.4) is 0 Å². The number of aromatic amines is 1. The average Bonchev–Trinajstić information content (AvgIpc) is 2.99. The van der Waals surface area contributed by atoms with Crippen LogP contribution in [0.1, 0.15) is 37.0 Å². The van der Waals surface area contributed by atoms with E-state index in [9.17, 15) is 0 Å². The van der Waals surface area contributed by atoms with Gasteiger partial charge in [-0.2, -0.15) is 0 Å². The molecule has 0 amide bonds. The van der Waals surface area contributed by atoms with Crippen LogP contribution in [0, 0.1) is 6.92 Å². The number of benzene rings is 2. The zero-order valence-corrected chi connectivity index (χ0v) is 12.9. The predicted octanol–water partition coefficient (Wildman–Crippen LogP) is 4.45. The Morgan fingerprint density at radius 1 is 1.05 bits per heavy atom. The fraction of sp³-hybridized carbons (Fsp3) is 0.333. The van der Waals surface area contributed by atoms with E-state index in [0.29, 0.717) is 0 Å². The highest BCUT2D eigenvalue weighted by Crippen LogP contribution is 2.36. The zero-order valence-electron chi connectivity index (χ0n) is 12.9. The van der Waals surface area contributed by atoms with Crippen molar-refractivity contribution in [2.45, 2.75) is 40.0 Å². The minimum absolute atomic E-state index is 0.959. The predicted molar refractivity (Wildman–Crippen MR) is 87.4 cm³/mol. The van der Waals surface area contributed by atoms with Crippen molar-refractivity contribution in [2.24, 2.45) is 0 Å². The van der Waals surface area contributed by atoms with Crippen molar-refractivity contribution in [2.75, 3.05) is 0 Å². The molecule has 3 nitrogen and oxygen atoms in total. The summed E-state index contributed by atoms with van der Waals surface area (Å²) in [6.45, 7) is 6.63. The summed E-state index contributed by atoms with van der Waals surface area (Å²) >= 11 is 0. The van der Waals surface area contributed by atoms with Gasteiger partial charge in [-0.15, -0.1) is 5.10 Å². The molecule has 3 aromatic rings. The van der Waals surface area contributed by atoms with Crippen molar-refractivity contribution in [3.63, 3.8) is 0 Å².